The van der Waals surface area contributed by atoms with Crippen molar-refractivity contribution < 1.29 is 4.42 Å². The van der Waals surface area contributed by atoms with Gasteiger partial charge in [0, 0.05) is 24.1 Å². The molecule has 86 valence electrons. The van der Waals surface area contributed by atoms with Gasteiger partial charge in [0.15, 0.2) is 0 Å². The van der Waals surface area contributed by atoms with Crippen molar-refractivity contribution in [2.45, 2.75) is 25.0 Å². The van der Waals surface area contributed by atoms with Crippen LogP contribution >= 0.6 is 23.4 Å². The highest BCUT2D eigenvalue weighted by Crippen LogP contribution is 2.11. The largest absolute Gasteiger partial charge is 0.408 e. The van der Waals surface area contributed by atoms with Gasteiger partial charge >= 0.3 is 6.01 Å². The first-order valence-corrected chi connectivity index (χ1v) is 6.73. The molecule has 1 atom stereocenters. The first-order chi connectivity index (χ1) is 7.26. The van der Waals surface area contributed by atoms with Crippen LogP contribution in [0.15, 0.2) is 4.42 Å². The molecule has 1 aromatic heterocycles. The van der Waals surface area contributed by atoms with Crippen molar-refractivity contribution in [1.29, 1.82) is 0 Å². The van der Waals surface area contributed by atoms with Crippen LogP contribution in [-0.4, -0.2) is 34.1 Å². The van der Waals surface area contributed by atoms with Crippen LogP contribution in [-0.2, 0) is 6.42 Å². The summed E-state index contributed by atoms with van der Waals surface area (Å²) in [7, 11) is 0. The number of rotatable bonds is 7. The Kier molecular flexibility index (Phi) is 5.86. The monoisotopic (exact) mass is 249 g/mol. The molecule has 1 aromatic rings. The van der Waals surface area contributed by atoms with E-state index in [0.29, 0.717) is 29.5 Å². The third kappa shape index (κ3) is 4.75. The average Bonchev–Trinajstić information content (AvgIpc) is 2.66. The molecule has 1 heterocycles. The Bertz CT molecular complexity index is 282. The van der Waals surface area contributed by atoms with Crippen LogP contribution in [0, 0.1) is 0 Å². The van der Waals surface area contributed by atoms with Gasteiger partial charge in [0.25, 0.3) is 0 Å². The number of hydrogen-bond acceptors (Lipinski definition) is 5. The van der Waals surface area contributed by atoms with Gasteiger partial charge in [-0.25, -0.2) is 0 Å². The highest BCUT2D eigenvalue weighted by molar-refractivity contribution is 7.99. The molecule has 1 N–H and O–H groups in total. The Labute approximate surface area is 99.2 Å². The topological polar surface area (TPSA) is 51.0 Å². The van der Waals surface area contributed by atoms with E-state index in [2.05, 4.69) is 28.7 Å². The maximum Gasteiger partial charge on any atom is 0.315 e. The Balaban J connectivity index is 2.25. The van der Waals surface area contributed by atoms with E-state index in [4.69, 9.17) is 16.0 Å². The molecule has 0 aliphatic rings. The predicted octanol–water partition coefficient (Wildman–Crippen LogP) is 2.40. The van der Waals surface area contributed by atoms with E-state index in [1.165, 1.54) is 0 Å². The molecule has 0 bridgehead atoms. The molecule has 1 unspecified atom stereocenters. The van der Waals surface area contributed by atoms with Crippen LogP contribution in [0.2, 0.25) is 0 Å². The molecule has 0 fully saturated rings. The summed E-state index contributed by atoms with van der Waals surface area (Å²) >= 11 is 7.41. The van der Waals surface area contributed by atoms with Crippen molar-refractivity contribution in [2.24, 2.45) is 0 Å². The van der Waals surface area contributed by atoms with Crippen LogP contribution in [0.3, 0.4) is 0 Å². The molecule has 0 aliphatic heterocycles. The van der Waals surface area contributed by atoms with Gasteiger partial charge in [-0.1, -0.05) is 12.0 Å². The molecule has 0 amide bonds. The Hall–Kier alpha value is -0.420. The normalized spacial score (nSPS) is 12.7. The Morgan fingerprint density at radius 2 is 2.33 bits per heavy atom. The van der Waals surface area contributed by atoms with Gasteiger partial charge in [0.05, 0.1) is 0 Å². The second kappa shape index (κ2) is 6.95. The van der Waals surface area contributed by atoms with Gasteiger partial charge in [-0.15, -0.1) is 16.7 Å². The fourth-order valence-corrected chi connectivity index (χ4v) is 1.52. The van der Waals surface area contributed by atoms with Crippen molar-refractivity contribution in [1.82, 2.24) is 10.2 Å². The number of alkyl halides is 1. The van der Waals surface area contributed by atoms with E-state index in [1.807, 2.05) is 11.8 Å². The number of nitrogens with one attached hydrogen (secondary N) is 1. The Morgan fingerprint density at radius 1 is 1.53 bits per heavy atom. The third-order valence-corrected chi connectivity index (χ3v) is 3.23. The molecule has 4 nitrogen and oxygen atoms in total. The number of thioether (sulfide) groups is 1. The quantitative estimate of drug-likeness (QED) is 0.752. The first kappa shape index (κ1) is 12.6. The molecule has 15 heavy (non-hydrogen) atoms. The number of nitrogens with zero attached hydrogens (tertiary/aromatic N) is 2. The maximum atomic E-state index is 5.56. The fraction of sp³-hybridized carbons (Fsp3) is 0.778. The summed E-state index contributed by atoms with van der Waals surface area (Å²) in [5, 5.41) is 11.5. The van der Waals surface area contributed by atoms with Gasteiger partial charge < -0.3 is 9.73 Å². The molecule has 0 saturated carbocycles. The van der Waals surface area contributed by atoms with Crippen LogP contribution in [0.1, 0.15) is 19.2 Å². The average molecular weight is 250 g/mol. The molecular formula is C9H16ClN3OS. The molecule has 1 rings (SSSR count). The summed E-state index contributed by atoms with van der Waals surface area (Å²) in [6.07, 6.45) is 3.81. The number of anilines is 1. The smallest absolute Gasteiger partial charge is 0.315 e. The number of halogens is 1. The highest BCUT2D eigenvalue weighted by atomic mass is 35.5. The van der Waals surface area contributed by atoms with Gasteiger partial charge in [-0.3, -0.25) is 0 Å². The van der Waals surface area contributed by atoms with Crippen LogP contribution in [0.25, 0.3) is 0 Å². The molecule has 0 aromatic carbocycles. The Morgan fingerprint density at radius 3 is 3.00 bits per heavy atom. The fourth-order valence-electron chi connectivity index (χ4n) is 1.01. The zero-order valence-electron chi connectivity index (χ0n) is 8.99. The lowest BCUT2D eigenvalue weighted by Crippen LogP contribution is -2.07. The highest BCUT2D eigenvalue weighted by Gasteiger charge is 2.05. The summed E-state index contributed by atoms with van der Waals surface area (Å²) in [6, 6.07) is 0.489. The van der Waals surface area contributed by atoms with E-state index >= 15 is 0 Å². The van der Waals surface area contributed by atoms with Gasteiger partial charge in [0.1, 0.15) is 0 Å². The summed E-state index contributed by atoms with van der Waals surface area (Å²) in [5.41, 5.74) is 0. The van der Waals surface area contributed by atoms with E-state index in [1.54, 1.807) is 0 Å². The van der Waals surface area contributed by atoms with Crippen LogP contribution < -0.4 is 5.32 Å². The van der Waals surface area contributed by atoms with Crippen LogP contribution in [0.4, 0.5) is 6.01 Å². The molecular weight excluding hydrogens is 234 g/mol. The summed E-state index contributed by atoms with van der Waals surface area (Å²) < 4.78 is 5.31. The summed E-state index contributed by atoms with van der Waals surface area (Å²) in [6.45, 7) is 3.05. The number of aromatic nitrogens is 2. The minimum atomic E-state index is 0.489. The van der Waals surface area contributed by atoms with Crippen molar-refractivity contribution in [3.05, 3.63) is 5.89 Å². The van der Waals surface area contributed by atoms with E-state index < -0.39 is 0 Å². The second-order valence-corrected chi connectivity index (χ2v) is 4.86. The SMILES string of the molecule is CSC(C)CCNc1nnc(CCCl)o1. The minimum Gasteiger partial charge on any atom is -0.408 e. The zero-order valence-corrected chi connectivity index (χ0v) is 10.6. The molecule has 0 radical (unpaired) electrons. The lowest BCUT2D eigenvalue weighted by atomic mass is 10.3. The zero-order chi connectivity index (χ0) is 11.1. The third-order valence-electron chi connectivity index (χ3n) is 2.00. The molecule has 0 saturated heterocycles. The second-order valence-electron chi connectivity index (χ2n) is 3.20. The van der Waals surface area contributed by atoms with Crippen LogP contribution in [0.5, 0.6) is 0 Å². The van der Waals surface area contributed by atoms with Crippen molar-refractivity contribution in [3.63, 3.8) is 0 Å². The molecule has 0 aliphatic carbocycles. The minimum absolute atomic E-state index is 0.489. The lowest BCUT2D eigenvalue weighted by Gasteiger charge is -2.06. The van der Waals surface area contributed by atoms with E-state index in [-0.39, 0.29) is 0 Å². The number of hydrogen-bond donors (Lipinski definition) is 1. The van der Waals surface area contributed by atoms with Crippen molar-refractivity contribution in [3.8, 4) is 0 Å². The number of aryl methyl sites for hydroxylation is 1. The van der Waals surface area contributed by atoms with E-state index in [9.17, 15) is 0 Å². The summed E-state index contributed by atoms with van der Waals surface area (Å²) in [5.74, 6) is 1.09. The van der Waals surface area contributed by atoms with Gasteiger partial charge in [-0.2, -0.15) is 11.8 Å². The van der Waals surface area contributed by atoms with Crippen molar-refractivity contribution in [2.75, 3.05) is 24.0 Å². The van der Waals surface area contributed by atoms with E-state index in [0.717, 1.165) is 13.0 Å². The molecule has 0 spiro atoms. The molecule has 6 heteroatoms. The predicted molar refractivity (Wildman–Crippen MR) is 64.8 cm³/mol. The van der Waals surface area contributed by atoms with Gasteiger partial charge in [0.2, 0.25) is 5.89 Å². The standard InChI is InChI=1S/C9H16ClN3OS/c1-7(15-2)4-6-11-9-13-12-8(14-9)3-5-10/h7H,3-6H2,1-2H3,(H,11,13). The lowest BCUT2D eigenvalue weighted by molar-refractivity contribution is 0.511. The summed E-state index contributed by atoms with van der Waals surface area (Å²) in [4.78, 5) is 0. The maximum absolute atomic E-state index is 5.56. The van der Waals surface area contributed by atoms with Crippen molar-refractivity contribution >= 4 is 29.4 Å². The first-order valence-electron chi connectivity index (χ1n) is 4.91. The van der Waals surface area contributed by atoms with Gasteiger partial charge in [-0.05, 0) is 12.7 Å².